The van der Waals surface area contributed by atoms with Crippen LogP contribution in [0.5, 0.6) is 0 Å². The Morgan fingerprint density at radius 1 is 1.36 bits per heavy atom. The van der Waals surface area contributed by atoms with Crippen molar-refractivity contribution in [2.75, 3.05) is 34.3 Å². The smallest absolute Gasteiger partial charge is 0.410 e. The van der Waals surface area contributed by atoms with E-state index in [4.69, 9.17) is 18.9 Å². The number of aliphatic hydroxyl groups excluding tert-OH is 2. The van der Waals surface area contributed by atoms with Crippen molar-refractivity contribution in [1.82, 2.24) is 10.2 Å². The minimum atomic E-state index is -1.14. The van der Waals surface area contributed by atoms with Crippen LogP contribution in [-0.4, -0.2) is 114 Å². The highest BCUT2D eigenvalue weighted by Crippen LogP contribution is 2.37. The first kappa shape index (κ1) is 38.9. The van der Waals surface area contributed by atoms with Gasteiger partial charge in [-0.05, 0) is 58.7 Å². The van der Waals surface area contributed by atoms with Gasteiger partial charge < -0.3 is 44.5 Å². The van der Waals surface area contributed by atoms with E-state index >= 15 is 0 Å². The number of esters is 1. The molecule has 2 aliphatic heterocycles. The number of nitrogens with zero attached hydrogens (tertiary/aromatic N) is 1. The molecule has 0 aliphatic carbocycles. The number of rotatable bonds is 13. The molecular weight excluding hydrogens is 580 g/mol. The Hall–Kier alpha value is -2.28. The van der Waals surface area contributed by atoms with Crippen LogP contribution in [0.3, 0.4) is 0 Å². The number of carbonyl (C=O) groups is 2. The predicted molar refractivity (Wildman–Crippen MR) is 173 cm³/mol. The zero-order valence-corrected chi connectivity index (χ0v) is 28.7. The van der Waals surface area contributed by atoms with Crippen molar-refractivity contribution in [2.45, 2.75) is 121 Å². The molecule has 2 heterocycles. The van der Waals surface area contributed by atoms with Crippen molar-refractivity contribution in [3.8, 4) is 0 Å². The number of hydrogen-bond donors (Lipinski definition) is 4. The lowest BCUT2D eigenvalue weighted by Gasteiger charge is -2.36. The number of allylic oxidation sites excluding steroid dienone is 2. The van der Waals surface area contributed by atoms with Crippen molar-refractivity contribution in [2.24, 2.45) is 11.8 Å². The molecule has 11 nitrogen and oxygen atoms in total. The fraction of sp³-hybridized carbons (Fsp3) is 0.765. The molecule has 0 aromatic heterocycles. The lowest BCUT2D eigenvalue weighted by Crippen LogP contribution is -2.46. The first-order valence-electron chi connectivity index (χ1n) is 16.2. The number of epoxide rings is 1. The van der Waals surface area contributed by atoms with E-state index in [0.29, 0.717) is 32.4 Å². The molecular formula is C34H58N2O9. The summed E-state index contributed by atoms with van der Waals surface area (Å²) in [6.45, 7) is 12.2. The quantitative estimate of drug-likeness (QED) is 0.102. The van der Waals surface area contributed by atoms with E-state index in [1.165, 1.54) is 12.0 Å². The van der Waals surface area contributed by atoms with Gasteiger partial charge in [0, 0.05) is 45.5 Å². The number of hydrogen-bond acceptors (Lipinski definition) is 10. The van der Waals surface area contributed by atoms with Crippen LogP contribution in [0.2, 0.25) is 0 Å². The first-order valence-corrected chi connectivity index (χ1v) is 16.2. The number of amides is 1. The van der Waals surface area contributed by atoms with Crippen LogP contribution in [0.15, 0.2) is 36.0 Å². The van der Waals surface area contributed by atoms with Crippen LogP contribution >= 0.6 is 0 Å². The zero-order chi connectivity index (χ0) is 33.9. The summed E-state index contributed by atoms with van der Waals surface area (Å²) in [6, 6.07) is 0. The molecule has 0 bridgehead atoms. The molecule has 1 amide bonds. The molecule has 2 aliphatic rings. The molecule has 0 aromatic carbocycles. The highest BCUT2D eigenvalue weighted by molar-refractivity contribution is 5.70. The van der Waals surface area contributed by atoms with Crippen molar-refractivity contribution in [3.05, 3.63) is 36.0 Å². The third-order valence-corrected chi connectivity index (χ3v) is 9.05. The summed E-state index contributed by atoms with van der Waals surface area (Å²) in [5, 5.41) is 34.8. The molecule has 2 rings (SSSR count). The number of likely N-dealkylation sites (N-methyl/N-ethyl adjacent to an activating group) is 2. The van der Waals surface area contributed by atoms with Gasteiger partial charge in [-0.3, -0.25) is 4.79 Å². The summed E-state index contributed by atoms with van der Waals surface area (Å²) in [5.74, 6) is -0.854. The fourth-order valence-electron chi connectivity index (χ4n) is 5.58. The molecule has 45 heavy (non-hydrogen) atoms. The summed E-state index contributed by atoms with van der Waals surface area (Å²) < 4.78 is 23.4. The van der Waals surface area contributed by atoms with Crippen molar-refractivity contribution in [1.29, 1.82) is 0 Å². The molecule has 4 N–H and O–H groups in total. The van der Waals surface area contributed by atoms with Gasteiger partial charge in [-0.1, -0.05) is 45.1 Å². The molecule has 10 atom stereocenters. The normalized spacial score (nSPS) is 33.2. The second kappa shape index (κ2) is 17.6. The molecule has 0 spiro atoms. The standard InChI is InChI=1S/C34H58N2O9/c1-10-26(38)24(4)31-27(43-31)21-33(5,41)16-11-12-22(2)30-23(3)13-14-28(44-32(40)36(8)19-18-35-7)34(6,42-9)17-15-25(37)20-29(39)45-30/h11-14,16,23-28,30-31,35,37-38,41H,10,15,17-21H2,1-9H3/b14-13+,16-11+,22-12+/t23-,24+,25+,26-,27+,28-,30+,31+,33?,34+/m0/s1. The third-order valence-electron chi connectivity index (χ3n) is 9.05. The van der Waals surface area contributed by atoms with Gasteiger partial charge in [-0.15, -0.1) is 0 Å². The zero-order valence-electron chi connectivity index (χ0n) is 28.7. The summed E-state index contributed by atoms with van der Waals surface area (Å²) in [7, 11) is 5.01. The number of aliphatic hydroxyl groups is 3. The Labute approximate surface area is 269 Å². The van der Waals surface area contributed by atoms with Crippen LogP contribution < -0.4 is 5.32 Å². The molecule has 11 heteroatoms. The van der Waals surface area contributed by atoms with Crippen LogP contribution in [-0.2, 0) is 23.7 Å². The maximum Gasteiger partial charge on any atom is 0.410 e. The lowest BCUT2D eigenvalue weighted by atomic mass is 9.88. The van der Waals surface area contributed by atoms with E-state index in [0.717, 1.165) is 5.57 Å². The minimum Gasteiger partial charge on any atom is -0.457 e. The Balaban J connectivity index is 2.26. The largest absolute Gasteiger partial charge is 0.457 e. The summed E-state index contributed by atoms with van der Waals surface area (Å²) in [6.07, 6.45) is 6.72. The van der Waals surface area contributed by atoms with Gasteiger partial charge in [0.2, 0.25) is 0 Å². The molecule has 0 saturated carbocycles. The van der Waals surface area contributed by atoms with Crippen LogP contribution in [0.25, 0.3) is 0 Å². The molecule has 1 fully saturated rings. The van der Waals surface area contributed by atoms with Gasteiger partial charge >= 0.3 is 12.1 Å². The molecule has 1 unspecified atom stereocenters. The maximum absolute atomic E-state index is 12.9. The number of nitrogens with one attached hydrogen (secondary N) is 1. The Kier molecular flexibility index (Phi) is 15.2. The third kappa shape index (κ3) is 12.1. The Morgan fingerprint density at radius 3 is 2.67 bits per heavy atom. The van der Waals surface area contributed by atoms with Crippen molar-refractivity contribution >= 4 is 12.1 Å². The van der Waals surface area contributed by atoms with Gasteiger partial charge in [-0.2, -0.15) is 0 Å². The second-order valence-corrected chi connectivity index (χ2v) is 13.2. The molecule has 0 aromatic rings. The van der Waals surface area contributed by atoms with Gasteiger partial charge in [0.25, 0.3) is 0 Å². The van der Waals surface area contributed by atoms with Crippen LogP contribution in [0.4, 0.5) is 4.79 Å². The molecule has 0 radical (unpaired) electrons. The first-order chi connectivity index (χ1) is 21.1. The van der Waals surface area contributed by atoms with E-state index in [9.17, 15) is 24.9 Å². The average Bonchev–Trinajstić information content (AvgIpc) is 3.75. The number of cyclic esters (lactones) is 1. The summed E-state index contributed by atoms with van der Waals surface area (Å²) in [4.78, 5) is 27.3. The minimum absolute atomic E-state index is 0.00472. The number of methoxy groups -OCH3 is 1. The van der Waals surface area contributed by atoms with Crippen LogP contribution in [0.1, 0.15) is 73.6 Å². The lowest BCUT2D eigenvalue weighted by molar-refractivity contribution is -0.151. The predicted octanol–water partition coefficient (Wildman–Crippen LogP) is 3.51. The maximum atomic E-state index is 12.9. The summed E-state index contributed by atoms with van der Waals surface area (Å²) >= 11 is 0. The molecule has 1 saturated heterocycles. The highest BCUT2D eigenvalue weighted by Gasteiger charge is 2.47. The van der Waals surface area contributed by atoms with Gasteiger partial charge in [0.05, 0.1) is 36.4 Å². The van der Waals surface area contributed by atoms with Crippen LogP contribution in [0, 0.1) is 11.8 Å². The van der Waals surface area contributed by atoms with Gasteiger partial charge in [0.1, 0.15) is 11.7 Å². The monoisotopic (exact) mass is 638 g/mol. The fourth-order valence-corrected chi connectivity index (χ4v) is 5.58. The number of ether oxygens (including phenoxy) is 4. The molecule has 258 valence electrons. The number of carbonyl (C=O) groups excluding carboxylic acids is 2. The van der Waals surface area contributed by atoms with E-state index in [1.54, 1.807) is 45.3 Å². The average molecular weight is 639 g/mol. The summed E-state index contributed by atoms with van der Waals surface area (Å²) in [5.41, 5.74) is -1.37. The van der Waals surface area contributed by atoms with E-state index in [1.807, 2.05) is 40.7 Å². The van der Waals surface area contributed by atoms with Crippen molar-refractivity contribution in [3.63, 3.8) is 0 Å². The van der Waals surface area contributed by atoms with E-state index in [-0.39, 0.29) is 36.9 Å². The topological polar surface area (TPSA) is 150 Å². The Morgan fingerprint density at radius 2 is 2.04 bits per heavy atom. The van der Waals surface area contributed by atoms with E-state index < -0.39 is 47.7 Å². The SMILES string of the molecule is CC[C@H](O)[C@@H](C)[C@H]1O[C@@H]1CC(C)(O)/C=C/C=C(\C)[C@H]1OC(=O)C[C@H](O)CC[C@@](C)(OC)[C@@H](OC(=O)N(C)CCNC)/C=C/[C@@H]1C. The van der Waals surface area contributed by atoms with Crippen molar-refractivity contribution < 1.29 is 43.9 Å². The van der Waals surface area contributed by atoms with Gasteiger partial charge in [0.15, 0.2) is 6.10 Å². The van der Waals surface area contributed by atoms with E-state index in [2.05, 4.69) is 5.32 Å². The second-order valence-electron chi connectivity index (χ2n) is 13.2. The highest BCUT2D eigenvalue weighted by atomic mass is 16.6. The Bertz CT molecular complexity index is 1040. The van der Waals surface area contributed by atoms with Gasteiger partial charge in [-0.25, -0.2) is 4.79 Å².